The van der Waals surface area contributed by atoms with Crippen LogP contribution in [0.2, 0.25) is 0 Å². The van der Waals surface area contributed by atoms with Gasteiger partial charge in [0.15, 0.2) is 6.10 Å². The van der Waals surface area contributed by atoms with E-state index in [4.69, 9.17) is 18.9 Å². The van der Waals surface area contributed by atoms with Gasteiger partial charge >= 0.3 is 11.9 Å². The third-order valence-electron chi connectivity index (χ3n) is 6.13. The number of aliphatic hydroxyl groups is 1. The van der Waals surface area contributed by atoms with Gasteiger partial charge in [-0.15, -0.1) is 0 Å². The van der Waals surface area contributed by atoms with E-state index in [9.17, 15) is 14.7 Å². The number of esters is 2. The molecule has 0 spiro atoms. The first-order valence-corrected chi connectivity index (χ1v) is 13.1. The molecule has 2 aliphatic rings. The summed E-state index contributed by atoms with van der Waals surface area (Å²) in [4.78, 5) is 23.9. The molecule has 0 amide bonds. The van der Waals surface area contributed by atoms with E-state index < -0.39 is 24.6 Å². The van der Waals surface area contributed by atoms with Crippen LogP contribution in [0.15, 0.2) is 24.3 Å². The van der Waals surface area contributed by atoms with E-state index in [0.29, 0.717) is 12.2 Å². The third-order valence-corrected chi connectivity index (χ3v) is 6.13. The van der Waals surface area contributed by atoms with Gasteiger partial charge in [-0.25, -0.2) is 0 Å². The largest absolute Gasteiger partial charge is 0.461 e. The van der Waals surface area contributed by atoms with E-state index in [2.05, 4.69) is 13.8 Å². The van der Waals surface area contributed by atoms with Crippen LogP contribution >= 0.6 is 0 Å². The highest BCUT2D eigenvalue weighted by Gasteiger charge is 2.37. The topological polar surface area (TPSA) is 97.9 Å². The Bertz CT molecular complexity index is 645. The first-order chi connectivity index (χ1) is 16.6. The molecule has 0 aromatic carbocycles. The minimum atomic E-state index is -0.854. The van der Waals surface area contributed by atoms with Gasteiger partial charge in [0.25, 0.3) is 0 Å². The Balaban J connectivity index is 1.48. The van der Waals surface area contributed by atoms with Crippen molar-refractivity contribution < 1.29 is 33.6 Å². The monoisotopic (exact) mass is 480 g/mol. The number of rotatable bonds is 20. The summed E-state index contributed by atoms with van der Waals surface area (Å²) in [5, 5.41) is 9.41. The van der Waals surface area contributed by atoms with Gasteiger partial charge in [-0.1, -0.05) is 76.7 Å². The molecule has 2 saturated heterocycles. The van der Waals surface area contributed by atoms with Crippen LogP contribution in [0.5, 0.6) is 0 Å². The Kier molecular flexibility index (Phi) is 14.1. The maximum Gasteiger partial charge on any atom is 0.310 e. The molecule has 0 radical (unpaired) electrons. The van der Waals surface area contributed by atoms with Crippen LogP contribution in [0.3, 0.4) is 0 Å². The molecule has 2 heterocycles. The fourth-order valence-electron chi connectivity index (χ4n) is 3.89. The highest BCUT2D eigenvalue weighted by molar-refractivity contribution is 5.72. The van der Waals surface area contributed by atoms with E-state index in [-0.39, 0.29) is 31.7 Å². The molecular formula is C27H44O7. The second-order valence-corrected chi connectivity index (χ2v) is 9.22. The second kappa shape index (κ2) is 16.8. The van der Waals surface area contributed by atoms with E-state index >= 15 is 0 Å². The molecule has 7 heteroatoms. The summed E-state index contributed by atoms with van der Waals surface area (Å²) < 4.78 is 21.6. The summed E-state index contributed by atoms with van der Waals surface area (Å²) in [5.41, 5.74) is 0. The number of carbonyl (C=O) groups is 2. The van der Waals surface area contributed by atoms with Gasteiger partial charge in [-0.05, 0) is 25.7 Å². The standard InChI is InChI=1S/C27H44O7/c1-3-5-7-13-22-24(33-22)15-9-11-17-26(29)31-20-21(19-28)32-27(30)18-12-10-16-25-23(34-25)14-8-6-4-2/h9-12,21-25,28H,3-8,13-20H2,1-2H3. The molecule has 0 aromatic heterocycles. The smallest absolute Gasteiger partial charge is 0.310 e. The Hall–Kier alpha value is -1.70. The molecule has 1 N–H and O–H groups in total. The molecule has 0 aliphatic carbocycles. The summed E-state index contributed by atoms with van der Waals surface area (Å²) in [7, 11) is 0. The third kappa shape index (κ3) is 12.7. The van der Waals surface area contributed by atoms with Gasteiger partial charge in [-0.2, -0.15) is 0 Å². The van der Waals surface area contributed by atoms with E-state index in [1.165, 1.54) is 38.5 Å². The fourth-order valence-corrected chi connectivity index (χ4v) is 3.89. The maximum atomic E-state index is 12.0. The Morgan fingerprint density at radius 1 is 0.794 bits per heavy atom. The highest BCUT2D eigenvalue weighted by Crippen LogP contribution is 2.31. The van der Waals surface area contributed by atoms with Crippen molar-refractivity contribution in [3.63, 3.8) is 0 Å². The minimum absolute atomic E-state index is 0.114. The zero-order chi connectivity index (χ0) is 24.6. The summed E-state index contributed by atoms with van der Waals surface area (Å²) >= 11 is 0. The van der Waals surface area contributed by atoms with Crippen LogP contribution in [-0.4, -0.2) is 60.8 Å². The van der Waals surface area contributed by atoms with Crippen LogP contribution in [0.25, 0.3) is 0 Å². The maximum absolute atomic E-state index is 12.0. The molecule has 2 rings (SSSR count). The summed E-state index contributed by atoms with van der Waals surface area (Å²) in [6, 6.07) is 0. The minimum Gasteiger partial charge on any atom is -0.461 e. The van der Waals surface area contributed by atoms with Crippen LogP contribution in [-0.2, 0) is 28.5 Å². The van der Waals surface area contributed by atoms with Gasteiger partial charge < -0.3 is 24.1 Å². The van der Waals surface area contributed by atoms with Gasteiger partial charge in [-0.3, -0.25) is 9.59 Å². The van der Waals surface area contributed by atoms with Crippen LogP contribution in [0, 0.1) is 0 Å². The lowest BCUT2D eigenvalue weighted by molar-refractivity contribution is -0.160. The number of ether oxygens (including phenoxy) is 4. The predicted molar refractivity (Wildman–Crippen MR) is 130 cm³/mol. The molecule has 7 nitrogen and oxygen atoms in total. The van der Waals surface area contributed by atoms with Crippen molar-refractivity contribution in [1.29, 1.82) is 0 Å². The molecule has 5 atom stereocenters. The normalized spacial score (nSPS) is 24.4. The summed E-state index contributed by atoms with van der Waals surface area (Å²) in [6.07, 6.45) is 19.2. The van der Waals surface area contributed by atoms with Crippen molar-refractivity contribution in [2.75, 3.05) is 13.2 Å². The van der Waals surface area contributed by atoms with Crippen LogP contribution < -0.4 is 0 Å². The lowest BCUT2D eigenvalue weighted by Crippen LogP contribution is -2.28. The number of carbonyl (C=O) groups excluding carboxylic acids is 2. The van der Waals surface area contributed by atoms with Crippen molar-refractivity contribution >= 4 is 11.9 Å². The fraction of sp³-hybridized carbons (Fsp3) is 0.778. The van der Waals surface area contributed by atoms with Crippen molar-refractivity contribution in [2.45, 2.75) is 121 Å². The van der Waals surface area contributed by atoms with Crippen molar-refractivity contribution in [3.8, 4) is 0 Å². The SMILES string of the molecule is CCCCCC1OC1CC=CCC(=O)OCC(CO)OC(=O)CC=CCC1OC1CCCCC. The average molecular weight is 481 g/mol. The molecule has 34 heavy (non-hydrogen) atoms. The molecule has 194 valence electrons. The second-order valence-electron chi connectivity index (χ2n) is 9.22. The number of hydrogen-bond acceptors (Lipinski definition) is 7. The zero-order valence-electron chi connectivity index (χ0n) is 21.0. The summed E-state index contributed by atoms with van der Waals surface area (Å²) in [6.45, 7) is 3.82. The Morgan fingerprint density at radius 2 is 1.32 bits per heavy atom. The molecule has 0 saturated carbocycles. The first-order valence-electron chi connectivity index (χ1n) is 13.1. The van der Waals surface area contributed by atoms with Crippen molar-refractivity contribution in [3.05, 3.63) is 24.3 Å². The van der Waals surface area contributed by atoms with Crippen LogP contribution in [0.4, 0.5) is 0 Å². The summed E-state index contributed by atoms with van der Waals surface area (Å²) in [5.74, 6) is -0.875. The molecule has 5 unspecified atom stereocenters. The highest BCUT2D eigenvalue weighted by atomic mass is 16.6. The molecule has 2 fully saturated rings. The molecule has 0 aromatic rings. The molecular weight excluding hydrogens is 436 g/mol. The predicted octanol–water partition coefficient (Wildman–Crippen LogP) is 4.80. The zero-order valence-corrected chi connectivity index (χ0v) is 21.0. The molecule has 2 aliphatic heterocycles. The van der Waals surface area contributed by atoms with Crippen molar-refractivity contribution in [1.82, 2.24) is 0 Å². The quantitative estimate of drug-likeness (QED) is 0.116. The van der Waals surface area contributed by atoms with Gasteiger partial charge in [0.05, 0.1) is 43.9 Å². The Labute approximate surface area is 204 Å². The van der Waals surface area contributed by atoms with Gasteiger partial charge in [0, 0.05) is 0 Å². The Morgan fingerprint density at radius 3 is 1.82 bits per heavy atom. The average Bonchev–Trinajstić information content (AvgIpc) is 3.75. The lowest BCUT2D eigenvalue weighted by Gasteiger charge is -2.15. The van der Waals surface area contributed by atoms with Gasteiger partial charge in [0.2, 0.25) is 0 Å². The lowest BCUT2D eigenvalue weighted by atomic mass is 10.1. The van der Waals surface area contributed by atoms with E-state index in [1.807, 2.05) is 12.2 Å². The number of hydrogen-bond donors (Lipinski definition) is 1. The number of unbranched alkanes of at least 4 members (excludes halogenated alkanes) is 4. The number of epoxide rings is 2. The van der Waals surface area contributed by atoms with E-state index in [1.54, 1.807) is 12.2 Å². The first kappa shape index (κ1) is 28.5. The van der Waals surface area contributed by atoms with Gasteiger partial charge in [0.1, 0.15) is 6.61 Å². The van der Waals surface area contributed by atoms with E-state index in [0.717, 1.165) is 25.7 Å². The number of aliphatic hydroxyl groups excluding tert-OH is 1. The van der Waals surface area contributed by atoms with Crippen LogP contribution in [0.1, 0.15) is 90.9 Å². The van der Waals surface area contributed by atoms with Crippen molar-refractivity contribution in [2.24, 2.45) is 0 Å². The molecule has 0 bridgehead atoms.